The molecule has 1 aromatic carbocycles. The number of halogens is 3. The van der Waals surface area contributed by atoms with E-state index in [2.05, 4.69) is 25.3 Å². The maximum Gasteiger partial charge on any atom is 0.348 e. The molecule has 0 saturated heterocycles. The quantitative estimate of drug-likeness (QED) is 0.156. The number of ether oxygens (including phenoxy) is 1. The second-order valence-corrected chi connectivity index (χ2v) is 12.0. The fraction of sp³-hybridized carbons (Fsp3) is 0.536. The molecule has 1 N–H and O–H groups in total. The summed E-state index contributed by atoms with van der Waals surface area (Å²) < 4.78 is 5.45. The fourth-order valence-electron chi connectivity index (χ4n) is 5.03. The molecule has 4 nitrogen and oxygen atoms in total. The Kier molecular flexibility index (Phi) is 11.6. The standard InChI is InChI=1S/C28H36Cl3NO3S/c1-4-32(5-2)12-13-35-28(34)26-11-9-22(36-26)8-6-18(3)27-23(25(33)17-24(27)31)10-7-19-14-20(29)16-21(30)15-19/h9,11,14-16,23-25,27,33H,3-8,10,12-13,17H2,1-2H3/t23-,24+,25+,27+/m0/s1. The van der Waals surface area contributed by atoms with E-state index in [-0.39, 0.29) is 23.2 Å². The number of esters is 1. The molecule has 1 heterocycles. The number of hydrogen-bond donors (Lipinski definition) is 1. The van der Waals surface area contributed by atoms with Crippen molar-refractivity contribution in [2.24, 2.45) is 11.8 Å². The van der Waals surface area contributed by atoms with Crippen LogP contribution in [0, 0.1) is 11.8 Å². The van der Waals surface area contributed by atoms with Crippen molar-refractivity contribution in [2.45, 2.75) is 57.4 Å². The van der Waals surface area contributed by atoms with Crippen LogP contribution in [0.25, 0.3) is 0 Å². The topological polar surface area (TPSA) is 49.8 Å². The third-order valence-electron chi connectivity index (χ3n) is 7.06. The molecule has 8 heteroatoms. The van der Waals surface area contributed by atoms with Crippen LogP contribution in [0.15, 0.2) is 42.5 Å². The van der Waals surface area contributed by atoms with E-state index in [1.165, 1.54) is 11.3 Å². The minimum atomic E-state index is -0.455. The fourth-order valence-corrected chi connectivity index (χ4v) is 7.05. The molecule has 198 valence electrons. The van der Waals surface area contributed by atoms with Crippen molar-refractivity contribution in [1.29, 1.82) is 0 Å². The van der Waals surface area contributed by atoms with Crippen molar-refractivity contribution < 1.29 is 14.6 Å². The Morgan fingerprint density at radius 3 is 2.53 bits per heavy atom. The number of carbonyl (C=O) groups is 1. The van der Waals surface area contributed by atoms with Gasteiger partial charge in [0.25, 0.3) is 0 Å². The molecule has 2 aromatic rings. The van der Waals surface area contributed by atoms with Crippen LogP contribution in [-0.2, 0) is 17.6 Å². The Balaban J connectivity index is 1.52. The van der Waals surface area contributed by atoms with E-state index in [1.54, 1.807) is 6.07 Å². The number of likely N-dealkylation sites (N-methyl/N-ethyl adjacent to an activating group) is 1. The van der Waals surface area contributed by atoms with E-state index in [4.69, 9.17) is 39.5 Å². The minimum absolute atomic E-state index is 0.0393. The smallest absolute Gasteiger partial charge is 0.348 e. The van der Waals surface area contributed by atoms with Gasteiger partial charge in [0.05, 0.1) is 6.10 Å². The minimum Gasteiger partial charge on any atom is -0.460 e. The lowest BCUT2D eigenvalue weighted by molar-refractivity contribution is 0.0472. The Morgan fingerprint density at radius 2 is 1.86 bits per heavy atom. The number of aryl methyl sites for hydroxylation is 2. The van der Waals surface area contributed by atoms with E-state index in [1.807, 2.05) is 24.3 Å². The Labute approximate surface area is 234 Å². The van der Waals surface area contributed by atoms with Gasteiger partial charge in [-0.05, 0) is 87.0 Å². The molecule has 3 rings (SSSR count). The average molecular weight is 573 g/mol. The van der Waals surface area contributed by atoms with E-state index in [0.717, 1.165) is 61.3 Å². The zero-order valence-corrected chi connectivity index (χ0v) is 24.1. The highest BCUT2D eigenvalue weighted by Crippen LogP contribution is 2.43. The Hall–Kier alpha value is -1.08. The molecule has 0 bridgehead atoms. The van der Waals surface area contributed by atoms with Gasteiger partial charge in [0.1, 0.15) is 11.5 Å². The normalized spacial score (nSPS) is 21.8. The third kappa shape index (κ3) is 8.21. The predicted molar refractivity (Wildman–Crippen MR) is 152 cm³/mol. The molecule has 1 fully saturated rings. The summed E-state index contributed by atoms with van der Waals surface area (Å²) in [5.41, 5.74) is 2.11. The van der Waals surface area contributed by atoms with Gasteiger partial charge in [0.15, 0.2) is 0 Å². The third-order valence-corrected chi connectivity index (χ3v) is 9.07. The lowest BCUT2D eigenvalue weighted by atomic mass is 9.82. The van der Waals surface area contributed by atoms with E-state index < -0.39 is 6.10 Å². The molecule has 1 aromatic heterocycles. The molecule has 0 amide bonds. The largest absolute Gasteiger partial charge is 0.460 e. The summed E-state index contributed by atoms with van der Waals surface area (Å²) in [5, 5.41) is 11.8. The van der Waals surface area contributed by atoms with Gasteiger partial charge in [-0.3, -0.25) is 0 Å². The molecule has 1 aliphatic rings. The van der Waals surface area contributed by atoms with Crippen molar-refractivity contribution >= 4 is 52.1 Å². The zero-order valence-electron chi connectivity index (χ0n) is 21.0. The number of alkyl halides is 1. The number of rotatable bonds is 13. The van der Waals surface area contributed by atoms with Gasteiger partial charge in [-0.25, -0.2) is 4.79 Å². The highest BCUT2D eigenvalue weighted by Gasteiger charge is 2.42. The van der Waals surface area contributed by atoms with Crippen LogP contribution in [0.5, 0.6) is 0 Å². The highest BCUT2D eigenvalue weighted by molar-refractivity contribution is 7.13. The summed E-state index contributed by atoms with van der Waals surface area (Å²) in [6.07, 6.45) is 3.20. The number of carbonyl (C=O) groups excluding carboxylic acids is 1. The SMILES string of the molecule is C=C(CCc1ccc(C(=O)OCCN(CC)CC)s1)[C@@H]1[C@@H](CCc2cc(Cl)cc(Cl)c2)[C@H](O)C[C@H]1Cl. The lowest BCUT2D eigenvalue weighted by Gasteiger charge is -2.25. The van der Waals surface area contributed by atoms with E-state index in [0.29, 0.717) is 28.0 Å². The number of thiophene rings is 1. The number of allylic oxidation sites excluding steroid dienone is 1. The molecule has 0 unspecified atom stereocenters. The van der Waals surface area contributed by atoms with Gasteiger partial charge in [-0.2, -0.15) is 0 Å². The summed E-state index contributed by atoms with van der Waals surface area (Å²) in [6.45, 7) is 11.6. The number of hydrogen-bond acceptors (Lipinski definition) is 5. The molecule has 36 heavy (non-hydrogen) atoms. The van der Waals surface area contributed by atoms with Gasteiger partial charge < -0.3 is 14.7 Å². The van der Waals surface area contributed by atoms with Gasteiger partial charge in [-0.15, -0.1) is 22.9 Å². The van der Waals surface area contributed by atoms with Crippen LogP contribution in [0.3, 0.4) is 0 Å². The maximum atomic E-state index is 12.4. The van der Waals surface area contributed by atoms with Gasteiger partial charge >= 0.3 is 5.97 Å². The molecular formula is C28H36Cl3NO3S. The van der Waals surface area contributed by atoms with Crippen LogP contribution in [-0.4, -0.2) is 53.7 Å². The lowest BCUT2D eigenvalue weighted by Crippen LogP contribution is -2.27. The van der Waals surface area contributed by atoms with Crippen molar-refractivity contribution in [3.63, 3.8) is 0 Å². The zero-order chi connectivity index (χ0) is 26.2. The summed E-state index contributed by atoms with van der Waals surface area (Å²) in [6, 6.07) is 9.38. The molecule has 4 atom stereocenters. The van der Waals surface area contributed by atoms with Crippen molar-refractivity contribution in [2.75, 3.05) is 26.2 Å². The molecule has 0 radical (unpaired) electrons. The molecule has 1 saturated carbocycles. The Morgan fingerprint density at radius 1 is 1.17 bits per heavy atom. The molecule has 0 spiro atoms. The molecular weight excluding hydrogens is 537 g/mol. The first kappa shape index (κ1) is 29.5. The number of benzene rings is 1. The first-order valence-electron chi connectivity index (χ1n) is 12.6. The Bertz CT molecular complexity index is 1000. The van der Waals surface area contributed by atoms with Crippen LogP contribution >= 0.6 is 46.1 Å². The number of aliphatic hydroxyl groups is 1. The van der Waals surface area contributed by atoms with E-state index in [9.17, 15) is 9.90 Å². The van der Waals surface area contributed by atoms with Crippen molar-refractivity contribution in [3.05, 3.63) is 67.8 Å². The maximum absolute atomic E-state index is 12.4. The van der Waals surface area contributed by atoms with Crippen LogP contribution in [0.2, 0.25) is 10.0 Å². The van der Waals surface area contributed by atoms with Gasteiger partial charge in [-0.1, -0.05) is 49.2 Å². The second-order valence-electron chi connectivity index (χ2n) is 9.41. The summed E-state index contributed by atoms with van der Waals surface area (Å²) >= 11 is 20.5. The summed E-state index contributed by atoms with van der Waals surface area (Å²) in [4.78, 5) is 16.4. The van der Waals surface area contributed by atoms with Crippen LogP contribution in [0.4, 0.5) is 0 Å². The summed E-state index contributed by atoms with van der Waals surface area (Å²) in [5.74, 6) is -0.184. The summed E-state index contributed by atoms with van der Waals surface area (Å²) in [7, 11) is 0. The molecule has 1 aliphatic carbocycles. The van der Waals surface area contributed by atoms with Crippen LogP contribution < -0.4 is 0 Å². The first-order chi connectivity index (χ1) is 17.2. The number of aliphatic hydroxyl groups excluding tert-OH is 1. The highest BCUT2D eigenvalue weighted by atomic mass is 35.5. The van der Waals surface area contributed by atoms with Gasteiger partial charge in [0.2, 0.25) is 0 Å². The number of nitrogens with zero attached hydrogens (tertiary/aromatic N) is 1. The van der Waals surface area contributed by atoms with Crippen LogP contribution in [0.1, 0.15) is 53.2 Å². The molecule has 0 aliphatic heterocycles. The van der Waals surface area contributed by atoms with Crippen molar-refractivity contribution in [3.8, 4) is 0 Å². The predicted octanol–water partition coefficient (Wildman–Crippen LogP) is 7.28. The van der Waals surface area contributed by atoms with Gasteiger partial charge in [0, 0.05) is 32.8 Å². The average Bonchev–Trinajstić information content (AvgIpc) is 3.42. The van der Waals surface area contributed by atoms with Crippen molar-refractivity contribution in [1.82, 2.24) is 4.90 Å². The second kappa shape index (κ2) is 14.2. The van der Waals surface area contributed by atoms with E-state index >= 15 is 0 Å². The first-order valence-corrected chi connectivity index (χ1v) is 14.7. The monoisotopic (exact) mass is 571 g/mol.